The highest BCUT2D eigenvalue weighted by Gasteiger charge is 2.59. The molecular formula is C19H26N4O2. The molecule has 2 heterocycles. The molecule has 1 aliphatic heterocycles. The number of hydrogen-bond acceptors (Lipinski definition) is 3. The standard InChI is InChI=1S/C19H26N4O2/c1-19(2)16(12-9-11-25-17(12)19)23-18(24)20-10-5-8-15-21-13-6-3-4-7-14(13)22-15/h3-4,6-7,12,16-17H,5,8-11H2,1-2H3,(H,21,22)(H2,20,23,24)/t12-,16+,17+/m0/s1. The van der Waals surface area contributed by atoms with Gasteiger partial charge in [0.05, 0.1) is 17.1 Å². The van der Waals surface area contributed by atoms with Crippen molar-refractivity contribution in [1.82, 2.24) is 20.6 Å². The number of hydrogen-bond donors (Lipinski definition) is 3. The van der Waals surface area contributed by atoms with Gasteiger partial charge in [-0.15, -0.1) is 0 Å². The molecule has 1 aliphatic carbocycles. The van der Waals surface area contributed by atoms with Gasteiger partial charge in [-0.1, -0.05) is 26.0 Å². The topological polar surface area (TPSA) is 79.0 Å². The van der Waals surface area contributed by atoms with Crippen LogP contribution in [0.3, 0.4) is 0 Å². The van der Waals surface area contributed by atoms with E-state index in [1.54, 1.807) is 0 Å². The number of aryl methyl sites for hydroxylation is 1. The number of nitrogens with one attached hydrogen (secondary N) is 3. The van der Waals surface area contributed by atoms with E-state index in [1.807, 2.05) is 24.3 Å². The van der Waals surface area contributed by atoms with Crippen molar-refractivity contribution in [3.8, 4) is 0 Å². The van der Waals surface area contributed by atoms with Crippen LogP contribution in [0.25, 0.3) is 11.0 Å². The van der Waals surface area contributed by atoms with Gasteiger partial charge in [-0.3, -0.25) is 0 Å². The maximum absolute atomic E-state index is 12.2. The molecule has 25 heavy (non-hydrogen) atoms. The zero-order valence-electron chi connectivity index (χ0n) is 14.8. The number of ether oxygens (including phenoxy) is 1. The minimum Gasteiger partial charge on any atom is -0.377 e. The fourth-order valence-electron chi connectivity index (χ4n) is 4.39. The number of nitrogens with zero attached hydrogens (tertiary/aromatic N) is 1. The lowest BCUT2D eigenvalue weighted by molar-refractivity contribution is -0.108. The number of amides is 2. The van der Waals surface area contributed by atoms with Crippen LogP contribution in [-0.2, 0) is 11.2 Å². The molecule has 134 valence electrons. The number of benzene rings is 1. The van der Waals surface area contributed by atoms with Crippen molar-refractivity contribution < 1.29 is 9.53 Å². The van der Waals surface area contributed by atoms with E-state index in [0.717, 1.165) is 42.7 Å². The maximum Gasteiger partial charge on any atom is 0.315 e. The zero-order chi connectivity index (χ0) is 17.4. The number of carbonyl (C=O) groups is 1. The Morgan fingerprint density at radius 3 is 3.08 bits per heavy atom. The fourth-order valence-corrected chi connectivity index (χ4v) is 4.39. The first-order chi connectivity index (χ1) is 12.1. The molecule has 2 fully saturated rings. The normalized spacial score (nSPS) is 26.9. The Hall–Kier alpha value is -2.08. The summed E-state index contributed by atoms with van der Waals surface area (Å²) in [7, 11) is 0. The molecule has 0 bridgehead atoms. The Balaban J connectivity index is 1.21. The Labute approximate surface area is 147 Å². The van der Waals surface area contributed by atoms with Crippen molar-refractivity contribution in [1.29, 1.82) is 0 Å². The van der Waals surface area contributed by atoms with Crippen molar-refractivity contribution in [3.63, 3.8) is 0 Å². The third kappa shape index (κ3) is 2.99. The number of imidazole rings is 1. The molecule has 4 rings (SSSR count). The molecule has 2 amide bonds. The third-order valence-corrected chi connectivity index (χ3v) is 5.70. The molecular weight excluding hydrogens is 316 g/mol. The van der Waals surface area contributed by atoms with Crippen molar-refractivity contribution in [2.75, 3.05) is 13.2 Å². The second kappa shape index (κ2) is 6.33. The van der Waals surface area contributed by atoms with Crippen LogP contribution in [0, 0.1) is 11.3 Å². The lowest BCUT2D eigenvalue weighted by atomic mass is 9.57. The predicted octanol–water partition coefficient (Wildman–Crippen LogP) is 2.61. The number of rotatable bonds is 5. The Morgan fingerprint density at radius 2 is 2.24 bits per heavy atom. The van der Waals surface area contributed by atoms with Crippen LogP contribution in [-0.4, -0.2) is 41.3 Å². The van der Waals surface area contributed by atoms with Crippen LogP contribution in [0.5, 0.6) is 0 Å². The summed E-state index contributed by atoms with van der Waals surface area (Å²) < 4.78 is 5.77. The smallest absolute Gasteiger partial charge is 0.315 e. The fraction of sp³-hybridized carbons (Fsp3) is 0.579. The first kappa shape index (κ1) is 16.4. The molecule has 2 aliphatic rings. The van der Waals surface area contributed by atoms with Crippen molar-refractivity contribution >= 4 is 17.1 Å². The summed E-state index contributed by atoms with van der Waals surface area (Å²) >= 11 is 0. The Bertz CT molecular complexity index is 737. The molecule has 0 unspecified atom stereocenters. The second-order valence-corrected chi connectivity index (χ2v) is 7.75. The van der Waals surface area contributed by atoms with Gasteiger partial charge in [-0.05, 0) is 25.0 Å². The van der Waals surface area contributed by atoms with Gasteiger partial charge in [-0.2, -0.15) is 0 Å². The zero-order valence-corrected chi connectivity index (χ0v) is 14.8. The summed E-state index contributed by atoms with van der Waals surface area (Å²) in [5.74, 6) is 1.44. The van der Waals surface area contributed by atoms with E-state index in [-0.39, 0.29) is 17.5 Å². The van der Waals surface area contributed by atoms with Crippen LogP contribution in [0.2, 0.25) is 0 Å². The molecule has 6 nitrogen and oxygen atoms in total. The van der Waals surface area contributed by atoms with Gasteiger partial charge in [-0.25, -0.2) is 9.78 Å². The monoisotopic (exact) mass is 342 g/mol. The minimum atomic E-state index is -0.0759. The minimum absolute atomic E-state index is 0.0206. The van der Waals surface area contributed by atoms with Gasteiger partial charge < -0.3 is 20.4 Å². The molecule has 0 spiro atoms. The number of urea groups is 1. The summed E-state index contributed by atoms with van der Waals surface area (Å²) in [6.45, 7) is 5.80. The molecule has 6 heteroatoms. The van der Waals surface area contributed by atoms with Gasteiger partial charge in [0.15, 0.2) is 0 Å². The molecule has 1 aromatic heterocycles. The lowest BCUT2D eigenvalue weighted by Gasteiger charge is -2.54. The van der Waals surface area contributed by atoms with Crippen LogP contribution < -0.4 is 10.6 Å². The van der Waals surface area contributed by atoms with Crippen molar-refractivity contribution in [2.24, 2.45) is 11.3 Å². The molecule has 1 aromatic carbocycles. The Kier molecular flexibility index (Phi) is 4.15. The van der Waals surface area contributed by atoms with Gasteiger partial charge in [0.2, 0.25) is 0 Å². The van der Waals surface area contributed by atoms with Crippen molar-refractivity contribution in [2.45, 2.75) is 45.3 Å². The average Bonchev–Trinajstić information content (AvgIpc) is 3.21. The van der Waals surface area contributed by atoms with E-state index in [9.17, 15) is 4.79 Å². The number of H-pyrrole nitrogens is 1. The molecule has 1 saturated carbocycles. The highest BCUT2D eigenvalue weighted by atomic mass is 16.5. The second-order valence-electron chi connectivity index (χ2n) is 7.75. The van der Waals surface area contributed by atoms with E-state index in [1.165, 1.54) is 0 Å². The summed E-state index contributed by atoms with van der Waals surface area (Å²) in [5.41, 5.74) is 2.07. The quantitative estimate of drug-likeness (QED) is 0.731. The maximum atomic E-state index is 12.2. The summed E-state index contributed by atoms with van der Waals surface area (Å²) in [4.78, 5) is 20.1. The largest absolute Gasteiger partial charge is 0.377 e. The van der Waals surface area contributed by atoms with E-state index in [0.29, 0.717) is 18.6 Å². The van der Waals surface area contributed by atoms with Gasteiger partial charge in [0.1, 0.15) is 5.82 Å². The Morgan fingerprint density at radius 1 is 1.40 bits per heavy atom. The molecule has 3 atom stereocenters. The van der Waals surface area contributed by atoms with E-state index in [2.05, 4.69) is 34.4 Å². The highest BCUT2D eigenvalue weighted by molar-refractivity contribution is 5.75. The average molecular weight is 342 g/mol. The summed E-state index contributed by atoms with van der Waals surface area (Å²) in [5, 5.41) is 6.12. The molecule has 2 aromatic rings. The lowest BCUT2D eigenvalue weighted by Crippen LogP contribution is -2.67. The van der Waals surface area contributed by atoms with E-state index < -0.39 is 0 Å². The van der Waals surface area contributed by atoms with Gasteiger partial charge in [0, 0.05) is 36.9 Å². The number of aromatic nitrogens is 2. The molecule has 0 radical (unpaired) electrons. The number of para-hydroxylation sites is 2. The SMILES string of the molecule is CC1(C)[C@H](NC(=O)NCCCc2nc3ccccc3[nH]2)[C@@H]2CCO[C@H]21. The van der Waals surface area contributed by atoms with Crippen molar-refractivity contribution in [3.05, 3.63) is 30.1 Å². The highest BCUT2D eigenvalue weighted by Crippen LogP contribution is 2.51. The number of aromatic amines is 1. The first-order valence-electron chi connectivity index (χ1n) is 9.15. The van der Waals surface area contributed by atoms with Gasteiger partial charge >= 0.3 is 6.03 Å². The van der Waals surface area contributed by atoms with Crippen LogP contribution in [0.1, 0.15) is 32.5 Å². The molecule has 3 N–H and O–H groups in total. The molecule has 1 saturated heterocycles. The van der Waals surface area contributed by atoms with E-state index in [4.69, 9.17) is 4.74 Å². The number of fused-ring (bicyclic) bond motifs is 2. The predicted molar refractivity (Wildman–Crippen MR) is 96.4 cm³/mol. The van der Waals surface area contributed by atoms with Crippen LogP contribution in [0.4, 0.5) is 4.79 Å². The summed E-state index contributed by atoms with van der Waals surface area (Å²) in [6, 6.07) is 8.14. The third-order valence-electron chi connectivity index (χ3n) is 5.70. The first-order valence-corrected chi connectivity index (χ1v) is 9.15. The number of carbonyl (C=O) groups excluding carboxylic acids is 1. The van der Waals surface area contributed by atoms with Gasteiger partial charge in [0.25, 0.3) is 0 Å². The van der Waals surface area contributed by atoms with Crippen LogP contribution >= 0.6 is 0 Å². The van der Waals surface area contributed by atoms with E-state index >= 15 is 0 Å². The van der Waals surface area contributed by atoms with Crippen LogP contribution in [0.15, 0.2) is 24.3 Å². The summed E-state index contributed by atoms with van der Waals surface area (Å²) in [6.07, 6.45) is 3.02.